The Labute approximate surface area is 152 Å². The molecule has 1 fully saturated rings. The summed E-state index contributed by atoms with van der Waals surface area (Å²) in [4.78, 5) is 37.8. The van der Waals surface area contributed by atoms with Crippen LogP contribution in [0.15, 0.2) is 22.8 Å². The molecule has 2 aromatic heterocycles. The van der Waals surface area contributed by atoms with Crippen molar-refractivity contribution < 1.29 is 14.0 Å². The lowest BCUT2D eigenvalue weighted by atomic mass is 9.86. The third-order valence-corrected chi connectivity index (χ3v) is 5.09. The van der Waals surface area contributed by atoms with Crippen molar-refractivity contribution in [2.24, 2.45) is 5.92 Å². The van der Waals surface area contributed by atoms with E-state index in [2.05, 4.69) is 16.8 Å². The summed E-state index contributed by atoms with van der Waals surface area (Å²) < 4.78 is 5.20. The third kappa shape index (κ3) is 2.98. The molecule has 1 atom stereocenters. The van der Waals surface area contributed by atoms with Gasteiger partial charge in [-0.05, 0) is 31.4 Å². The van der Waals surface area contributed by atoms with Crippen molar-refractivity contribution in [3.63, 3.8) is 0 Å². The maximum Gasteiger partial charge on any atom is 0.289 e. The van der Waals surface area contributed by atoms with E-state index in [1.165, 1.54) is 6.26 Å². The van der Waals surface area contributed by atoms with Gasteiger partial charge in [0.25, 0.3) is 5.91 Å². The minimum Gasteiger partial charge on any atom is -0.459 e. The van der Waals surface area contributed by atoms with Gasteiger partial charge in [0.05, 0.1) is 23.2 Å². The third-order valence-electron chi connectivity index (χ3n) is 5.09. The molecule has 7 heteroatoms. The number of Topliss-reactive ketones (excluding diaryl/α,β-unsaturated/α-hetero) is 1. The highest BCUT2D eigenvalue weighted by Gasteiger charge is 2.29. The molecule has 1 aliphatic heterocycles. The monoisotopic (exact) mass is 354 g/mol. The van der Waals surface area contributed by atoms with Crippen molar-refractivity contribution in [3.05, 3.63) is 41.1 Å². The van der Waals surface area contributed by atoms with Gasteiger partial charge < -0.3 is 14.2 Å². The van der Waals surface area contributed by atoms with Crippen LogP contribution in [-0.2, 0) is 6.42 Å². The van der Waals surface area contributed by atoms with Gasteiger partial charge in [-0.3, -0.25) is 9.59 Å². The molecular weight excluding hydrogens is 332 g/mol. The van der Waals surface area contributed by atoms with Crippen molar-refractivity contribution in [1.82, 2.24) is 14.9 Å². The maximum absolute atomic E-state index is 12.4. The quantitative estimate of drug-likeness (QED) is 0.822. The number of amides is 1. The minimum atomic E-state index is -0.0865. The SMILES string of the molecule is Cc1nc(N2CCN(C(=O)c3ccco3)CC2)nc2c1C(=O)C[C@H](C)C2. The average Bonchev–Trinajstić information content (AvgIpc) is 3.15. The zero-order valence-corrected chi connectivity index (χ0v) is 15.1. The number of nitrogens with zero attached hydrogens (tertiary/aromatic N) is 4. The number of hydrogen-bond donors (Lipinski definition) is 0. The molecule has 0 unspecified atom stereocenters. The van der Waals surface area contributed by atoms with E-state index in [1.807, 2.05) is 6.92 Å². The summed E-state index contributed by atoms with van der Waals surface area (Å²) in [6.45, 7) is 6.47. The second-order valence-electron chi connectivity index (χ2n) is 7.12. The smallest absolute Gasteiger partial charge is 0.289 e. The van der Waals surface area contributed by atoms with Crippen molar-refractivity contribution in [2.75, 3.05) is 31.1 Å². The fraction of sp³-hybridized carbons (Fsp3) is 0.474. The molecule has 0 bridgehead atoms. The molecule has 2 aromatic rings. The number of ketones is 1. The van der Waals surface area contributed by atoms with Crippen LogP contribution in [0.4, 0.5) is 5.95 Å². The number of anilines is 1. The normalized spacial score (nSPS) is 20.2. The van der Waals surface area contributed by atoms with Gasteiger partial charge in [-0.25, -0.2) is 9.97 Å². The first kappa shape index (κ1) is 16.8. The molecule has 1 saturated heterocycles. The number of furan rings is 1. The van der Waals surface area contributed by atoms with Crippen molar-refractivity contribution in [1.29, 1.82) is 0 Å². The predicted octanol–water partition coefficient (Wildman–Crippen LogP) is 2.11. The molecule has 1 aliphatic carbocycles. The van der Waals surface area contributed by atoms with E-state index in [0.717, 1.165) is 17.8 Å². The van der Waals surface area contributed by atoms with Crippen LogP contribution in [-0.4, -0.2) is 52.7 Å². The molecule has 7 nitrogen and oxygen atoms in total. The number of carbonyl (C=O) groups excluding carboxylic acids is 2. The van der Waals surface area contributed by atoms with Gasteiger partial charge in [0.1, 0.15) is 0 Å². The number of fused-ring (bicyclic) bond motifs is 1. The Balaban J connectivity index is 1.50. The highest BCUT2D eigenvalue weighted by Crippen LogP contribution is 2.27. The van der Waals surface area contributed by atoms with Crippen LogP contribution in [0.25, 0.3) is 0 Å². The summed E-state index contributed by atoms with van der Waals surface area (Å²) in [6, 6.07) is 3.40. The van der Waals surface area contributed by atoms with E-state index in [-0.39, 0.29) is 11.7 Å². The zero-order chi connectivity index (χ0) is 18.3. The van der Waals surface area contributed by atoms with Gasteiger partial charge in [0.2, 0.25) is 5.95 Å². The molecule has 0 spiro atoms. The Bertz CT molecular complexity index is 839. The Morgan fingerprint density at radius 3 is 2.65 bits per heavy atom. The molecule has 0 aromatic carbocycles. The van der Waals surface area contributed by atoms with Gasteiger partial charge in [-0.1, -0.05) is 6.92 Å². The van der Waals surface area contributed by atoms with Crippen LogP contribution in [0.2, 0.25) is 0 Å². The summed E-state index contributed by atoms with van der Waals surface area (Å²) in [7, 11) is 0. The topological polar surface area (TPSA) is 79.5 Å². The Morgan fingerprint density at radius 2 is 1.96 bits per heavy atom. The molecule has 1 amide bonds. The lowest BCUT2D eigenvalue weighted by molar-refractivity contribution is 0.0713. The van der Waals surface area contributed by atoms with Gasteiger partial charge >= 0.3 is 0 Å². The summed E-state index contributed by atoms with van der Waals surface area (Å²) in [5, 5.41) is 0. The molecule has 0 radical (unpaired) electrons. The van der Waals surface area contributed by atoms with E-state index in [0.29, 0.717) is 55.8 Å². The first-order valence-corrected chi connectivity index (χ1v) is 9.01. The van der Waals surface area contributed by atoms with Crippen molar-refractivity contribution in [3.8, 4) is 0 Å². The zero-order valence-electron chi connectivity index (χ0n) is 15.1. The van der Waals surface area contributed by atoms with Gasteiger partial charge in [-0.2, -0.15) is 0 Å². The first-order valence-electron chi connectivity index (χ1n) is 9.01. The first-order chi connectivity index (χ1) is 12.5. The molecule has 26 heavy (non-hydrogen) atoms. The average molecular weight is 354 g/mol. The van der Waals surface area contributed by atoms with E-state index >= 15 is 0 Å². The predicted molar refractivity (Wildman–Crippen MR) is 95.4 cm³/mol. The molecule has 3 heterocycles. The number of hydrogen-bond acceptors (Lipinski definition) is 6. The molecule has 2 aliphatic rings. The molecular formula is C19H22N4O3. The number of piperazine rings is 1. The van der Waals surface area contributed by atoms with Gasteiger partial charge in [0, 0.05) is 32.6 Å². The molecule has 136 valence electrons. The van der Waals surface area contributed by atoms with Crippen LogP contribution < -0.4 is 4.90 Å². The number of aromatic nitrogens is 2. The van der Waals surface area contributed by atoms with Crippen LogP contribution in [0, 0.1) is 12.8 Å². The second-order valence-corrected chi connectivity index (χ2v) is 7.12. The van der Waals surface area contributed by atoms with Gasteiger partial charge in [-0.15, -0.1) is 0 Å². The maximum atomic E-state index is 12.4. The van der Waals surface area contributed by atoms with Crippen LogP contribution in [0.3, 0.4) is 0 Å². The Morgan fingerprint density at radius 1 is 1.19 bits per heavy atom. The summed E-state index contributed by atoms with van der Waals surface area (Å²) in [5.74, 6) is 1.41. The number of rotatable bonds is 2. The largest absolute Gasteiger partial charge is 0.459 e. The Hall–Kier alpha value is -2.70. The van der Waals surface area contributed by atoms with Crippen LogP contribution in [0.1, 0.15) is 45.6 Å². The minimum absolute atomic E-state index is 0.0865. The fourth-order valence-electron chi connectivity index (χ4n) is 3.75. The number of carbonyl (C=O) groups is 2. The second kappa shape index (κ2) is 6.55. The van der Waals surface area contributed by atoms with E-state index < -0.39 is 0 Å². The van der Waals surface area contributed by atoms with Crippen LogP contribution >= 0.6 is 0 Å². The standard InChI is InChI=1S/C19H22N4O3/c1-12-10-14-17(15(24)11-12)13(2)20-19(21-14)23-7-5-22(6-8-23)18(25)16-4-3-9-26-16/h3-4,9,12H,5-8,10-11H2,1-2H3/t12-/m1/s1. The van der Waals surface area contributed by atoms with E-state index in [1.54, 1.807) is 17.0 Å². The number of aryl methyl sites for hydroxylation is 1. The molecule has 0 N–H and O–H groups in total. The van der Waals surface area contributed by atoms with Crippen molar-refractivity contribution in [2.45, 2.75) is 26.7 Å². The van der Waals surface area contributed by atoms with E-state index in [4.69, 9.17) is 9.40 Å². The molecule has 4 rings (SSSR count). The Kier molecular flexibility index (Phi) is 4.22. The van der Waals surface area contributed by atoms with E-state index in [9.17, 15) is 9.59 Å². The summed E-state index contributed by atoms with van der Waals surface area (Å²) >= 11 is 0. The highest BCUT2D eigenvalue weighted by molar-refractivity contribution is 5.99. The molecule has 0 saturated carbocycles. The summed E-state index contributed by atoms with van der Waals surface area (Å²) in [6.07, 6.45) is 2.90. The van der Waals surface area contributed by atoms with Crippen molar-refractivity contribution >= 4 is 17.6 Å². The lowest BCUT2D eigenvalue weighted by Crippen LogP contribution is -2.49. The summed E-state index contributed by atoms with van der Waals surface area (Å²) in [5.41, 5.74) is 2.33. The lowest BCUT2D eigenvalue weighted by Gasteiger charge is -2.35. The highest BCUT2D eigenvalue weighted by atomic mass is 16.3. The fourth-order valence-corrected chi connectivity index (χ4v) is 3.75. The van der Waals surface area contributed by atoms with Gasteiger partial charge in [0.15, 0.2) is 11.5 Å². The van der Waals surface area contributed by atoms with Crippen LogP contribution in [0.5, 0.6) is 0 Å².